The molecule has 20 heavy (non-hydrogen) atoms. The number of H-pyrrole nitrogens is 1. The highest BCUT2D eigenvalue weighted by atomic mass is 16.2. The fraction of sp³-hybridized carbons (Fsp3) is 0.471. The Hall–Kier alpha value is -1.77. The standard InChI is InChI=1S/C17H20N2O/c1-11(19-16(20)17-7-12(8-17)9-17)6-13-10-18-15-5-3-2-4-14(13)15/h2-5,10-12,18H,6-9H2,1H3,(H,19,20)/t11-,12?,17?/m1/s1. The van der Waals surface area contributed by atoms with Gasteiger partial charge < -0.3 is 10.3 Å². The van der Waals surface area contributed by atoms with E-state index in [1.165, 1.54) is 16.5 Å². The van der Waals surface area contributed by atoms with Crippen LogP contribution in [0.3, 0.4) is 0 Å². The molecule has 2 aromatic rings. The third kappa shape index (κ3) is 1.69. The average Bonchev–Trinajstić information content (AvgIpc) is 2.68. The molecule has 1 atom stereocenters. The molecule has 1 heterocycles. The Kier molecular flexibility index (Phi) is 2.47. The first-order valence-electron chi connectivity index (χ1n) is 7.52. The lowest BCUT2D eigenvalue weighted by Gasteiger charge is -2.60. The molecule has 1 amide bonds. The first-order valence-corrected chi connectivity index (χ1v) is 7.52. The van der Waals surface area contributed by atoms with Crippen LogP contribution in [0.25, 0.3) is 10.9 Å². The third-order valence-corrected chi connectivity index (χ3v) is 5.10. The van der Waals surface area contributed by atoms with Gasteiger partial charge in [0, 0.05) is 28.6 Å². The number of carbonyl (C=O) groups excluding carboxylic acids is 1. The molecule has 2 bridgehead atoms. The second-order valence-electron chi connectivity index (χ2n) is 6.70. The van der Waals surface area contributed by atoms with Gasteiger partial charge in [0.15, 0.2) is 0 Å². The maximum absolute atomic E-state index is 12.3. The number of hydrogen-bond acceptors (Lipinski definition) is 1. The quantitative estimate of drug-likeness (QED) is 0.879. The predicted molar refractivity (Wildman–Crippen MR) is 79.4 cm³/mol. The van der Waals surface area contributed by atoms with Crippen LogP contribution < -0.4 is 5.32 Å². The van der Waals surface area contributed by atoms with E-state index < -0.39 is 0 Å². The van der Waals surface area contributed by atoms with Gasteiger partial charge in [-0.2, -0.15) is 0 Å². The van der Waals surface area contributed by atoms with Crippen molar-refractivity contribution >= 4 is 16.8 Å². The zero-order chi connectivity index (χ0) is 13.7. The number of para-hydroxylation sites is 1. The fourth-order valence-electron chi connectivity index (χ4n) is 3.81. The van der Waals surface area contributed by atoms with Gasteiger partial charge in [0.1, 0.15) is 0 Å². The lowest BCUT2D eigenvalue weighted by molar-refractivity contribution is -0.165. The summed E-state index contributed by atoms with van der Waals surface area (Å²) in [7, 11) is 0. The summed E-state index contributed by atoms with van der Waals surface area (Å²) >= 11 is 0. The van der Waals surface area contributed by atoms with E-state index in [0.717, 1.165) is 31.6 Å². The molecule has 3 nitrogen and oxygen atoms in total. The SMILES string of the molecule is C[C@H](Cc1c[nH]c2ccccc12)NC(=O)C12CC(C1)C2. The molecule has 0 spiro atoms. The van der Waals surface area contributed by atoms with Crippen molar-refractivity contribution in [3.63, 3.8) is 0 Å². The molecule has 1 aromatic heterocycles. The van der Waals surface area contributed by atoms with Gasteiger partial charge in [0.2, 0.25) is 5.91 Å². The summed E-state index contributed by atoms with van der Waals surface area (Å²) in [6, 6.07) is 8.51. The van der Waals surface area contributed by atoms with Gasteiger partial charge in [-0.1, -0.05) is 18.2 Å². The minimum atomic E-state index is 0.0269. The highest BCUT2D eigenvalue weighted by Crippen LogP contribution is 2.64. The number of amides is 1. The molecular formula is C17H20N2O. The van der Waals surface area contributed by atoms with Gasteiger partial charge in [0.25, 0.3) is 0 Å². The molecule has 5 rings (SSSR count). The molecule has 3 fully saturated rings. The Morgan fingerprint density at radius 2 is 2.15 bits per heavy atom. The smallest absolute Gasteiger partial charge is 0.226 e. The molecule has 0 radical (unpaired) electrons. The van der Waals surface area contributed by atoms with Crippen LogP contribution in [0.4, 0.5) is 0 Å². The van der Waals surface area contributed by atoms with Gasteiger partial charge in [-0.3, -0.25) is 4.79 Å². The van der Waals surface area contributed by atoms with Crippen LogP contribution in [-0.2, 0) is 11.2 Å². The highest BCUT2D eigenvalue weighted by Gasteiger charge is 2.61. The van der Waals surface area contributed by atoms with Crippen LogP contribution in [0, 0.1) is 11.3 Å². The Bertz CT molecular complexity index is 655. The van der Waals surface area contributed by atoms with E-state index in [1.54, 1.807) is 0 Å². The van der Waals surface area contributed by atoms with Crippen LogP contribution in [0.1, 0.15) is 31.7 Å². The number of rotatable bonds is 4. The van der Waals surface area contributed by atoms with E-state index in [0.29, 0.717) is 0 Å². The van der Waals surface area contributed by atoms with Gasteiger partial charge in [-0.25, -0.2) is 0 Å². The van der Waals surface area contributed by atoms with E-state index in [1.807, 2.05) is 6.07 Å². The van der Waals surface area contributed by atoms with Crippen molar-refractivity contribution in [1.29, 1.82) is 0 Å². The molecule has 3 heteroatoms. The Morgan fingerprint density at radius 1 is 1.40 bits per heavy atom. The minimum absolute atomic E-state index is 0.0269. The topological polar surface area (TPSA) is 44.9 Å². The molecule has 3 saturated carbocycles. The number of hydrogen-bond donors (Lipinski definition) is 2. The number of aromatic amines is 1. The van der Waals surface area contributed by atoms with E-state index in [9.17, 15) is 4.79 Å². The predicted octanol–water partition coefficient (Wildman–Crippen LogP) is 3.02. The van der Waals surface area contributed by atoms with Crippen molar-refractivity contribution in [2.24, 2.45) is 11.3 Å². The first-order chi connectivity index (χ1) is 9.66. The maximum atomic E-state index is 12.3. The monoisotopic (exact) mass is 268 g/mol. The Labute approximate surface area is 118 Å². The Balaban J connectivity index is 1.44. The summed E-state index contributed by atoms with van der Waals surface area (Å²) in [6.07, 6.45) is 6.32. The maximum Gasteiger partial charge on any atom is 0.226 e. The lowest BCUT2D eigenvalue weighted by atomic mass is 9.44. The lowest BCUT2D eigenvalue weighted by Crippen LogP contribution is -2.61. The number of benzene rings is 1. The summed E-state index contributed by atoms with van der Waals surface area (Å²) < 4.78 is 0. The van der Waals surface area contributed by atoms with Gasteiger partial charge in [-0.05, 0) is 50.2 Å². The molecule has 0 saturated heterocycles. The van der Waals surface area contributed by atoms with Crippen molar-refractivity contribution in [2.75, 3.05) is 0 Å². The van der Waals surface area contributed by atoms with Crippen LogP contribution in [-0.4, -0.2) is 16.9 Å². The second kappa shape index (κ2) is 4.11. The molecule has 3 aliphatic rings. The third-order valence-electron chi connectivity index (χ3n) is 5.10. The summed E-state index contributed by atoms with van der Waals surface area (Å²) in [6.45, 7) is 2.10. The van der Waals surface area contributed by atoms with E-state index in [4.69, 9.17) is 0 Å². The first kappa shape index (κ1) is 12.0. The number of fused-ring (bicyclic) bond motifs is 1. The van der Waals surface area contributed by atoms with Gasteiger partial charge in [-0.15, -0.1) is 0 Å². The zero-order valence-electron chi connectivity index (χ0n) is 11.8. The van der Waals surface area contributed by atoms with E-state index in [2.05, 4.69) is 41.6 Å². The van der Waals surface area contributed by atoms with Gasteiger partial charge >= 0.3 is 0 Å². The molecule has 2 N–H and O–H groups in total. The molecule has 0 aliphatic heterocycles. The van der Waals surface area contributed by atoms with Crippen LogP contribution in [0.5, 0.6) is 0 Å². The van der Waals surface area contributed by atoms with Crippen molar-refractivity contribution in [3.8, 4) is 0 Å². The van der Waals surface area contributed by atoms with Crippen molar-refractivity contribution in [2.45, 2.75) is 38.6 Å². The molecule has 1 aromatic carbocycles. The summed E-state index contributed by atoms with van der Waals surface area (Å²) in [5, 5.41) is 4.47. The van der Waals surface area contributed by atoms with Crippen molar-refractivity contribution < 1.29 is 4.79 Å². The summed E-state index contributed by atoms with van der Waals surface area (Å²) in [5.41, 5.74) is 2.48. The summed E-state index contributed by atoms with van der Waals surface area (Å²) in [5.74, 6) is 1.14. The Morgan fingerprint density at radius 3 is 2.85 bits per heavy atom. The molecule has 3 aliphatic carbocycles. The van der Waals surface area contributed by atoms with Crippen molar-refractivity contribution in [1.82, 2.24) is 10.3 Å². The zero-order valence-corrected chi connectivity index (χ0v) is 11.8. The molecule has 0 unspecified atom stereocenters. The normalized spacial score (nSPS) is 28.6. The fourth-order valence-corrected chi connectivity index (χ4v) is 3.81. The second-order valence-corrected chi connectivity index (χ2v) is 6.70. The van der Waals surface area contributed by atoms with E-state index >= 15 is 0 Å². The average molecular weight is 268 g/mol. The number of nitrogens with one attached hydrogen (secondary N) is 2. The van der Waals surface area contributed by atoms with Crippen molar-refractivity contribution in [3.05, 3.63) is 36.0 Å². The molecule has 104 valence electrons. The van der Waals surface area contributed by atoms with Gasteiger partial charge in [0.05, 0.1) is 0 Å². The van der Waals surface area contributed by atoms with Crippen LogP contribution in [0.15, 0.2) is 30.5 Å². The largest absolute Gasteiger partial charge is 0.361 e. The minimum Gasteiger partial charge on any atom is -0.361 e. The number of carbonyl (C=O) groups is 1. The number of aromatic nitrogens is 1. The molecular weight excluding hydrogens is 248 g/mol. The van der Waals surface area contributed by atoms with E-state index in [-0.39, 0.29) is 17.4 Å². The van der Waals surface area contributed by atoms with Crippen LogP contribution in [0.2, 0.25) is 0 Å². The summed E-state index contributed by atoms with van der Waals surface area (Å²) in [4.78, 5) is 15.6. The van der Waals surface area contributed by atoms with Crippen LogP contribution >= 0.6 is 0 Å². The highest BCUT2D eigenvalue weighted by molar-refractivity contribution is 5.86.